The van der Waals surface area contributed by atoms with Crippen LogP contribution in [0.3, 0.4) is 0 Å². The first kappa shape index (κ1) is 12.8. The van der Waals surface area contributed by atoms with E-state index in [2.05, 4.69) is 0 Å². The number of amides is 1. The minimum absolute atomic E-state index is 0.0287. The average Bonchev–Trinajstić information content (AvgIpc) is 2.27. The highest BCUT2D eigenvalue weighted by Gasteiger charge is 2.16. The zero-order valence-corrected chi connectivity index (χ0v) is 9.54. The fourth-order valence-corrected chi connectivity index (χ4v) is 1.38. The molecule has 17 heavy (non-hydrogen) atoms. The van der Waals surface area contributed by atoms with Crippen LogP contribution >= 0.6 is 0 Å². The summed E-state index contributed by atoms with van der Waals surface area (Å²) in [5.41, 5.74) is 5.55. The maximum Gasteiger partial charge on any atom is 0.311 e. The Hall–Kier alpha value is -2.31. The lowest BCUT2D eigenvalue weighted by molar-refractivity contribution is -0.385. The fourth-order valence-electron chi connectivity index (χ4n) is 1.38. The van der Waals surface area contributed by atoms with E-state index in [1.54, 1.807) is 11.9 Å². The van der Waals surface area contributed by atoms with Crippen LogP contribution in [0.25, 0.3) is 0 Å². The number of nitro groups is 1. The Bertz CT molecular complexity index is 447. The zero-order chi connectivity index (χ0) is 13.0. The molecule has 0 saturated carbocycles. The normalized spacial score (nSPS) is 9.76. The van der Waals surface area contributed by atoms with Gasteiger partial charge in [0.1, 0.15) is 0 Å². The Morgan fingerprint density at radius 3 is 2.71 bits per heavy atom. The molecule has 0 atom stereocenters. The first-order valence-corrected chi connectivity index (χ1v) is 4.77. The molecular weight excluding hydrogens is 226 g/mol. The Labute approximate surface area is 97.9 Å². The second-order valence-electron chi connectivity index (χ2n) is 3.44. The Balaban J connectivity index is 3.04. The van der Waals surface area contributed by atoms with E-state index in [-0.39, 0.29) is 18.0 Å². The molecule has 92 valence electrons. The molecule has 0 unspecified atom stereocenters. The van der Waals surface area contributed by atoms with E-state index in [0.717, 1.165) is 0 Å². The zero-order valence-electron chi connectivity index (χ0n) is 9.54. The molecule has 1 amide bonds. The van der Waals surface area contributed by atoms with Gasteiger partial charge in [0.05, 0.1) is 18.6 Å². The standard InChI is InChI=1S/C10H13N3O4/c1-12(6-10(11)14)7-3-4-8(13(15)16)9(5-7)17-2/h3-5H,6H2,1-2H3,(H2,11,14). The number of nitrogens with two attached hydrogens (primary N) is 1. The number of ether oxygens (including phenoxy) is 1. The van der Waals surface area contributed by atoms with E-state index < -0.39 is 10.8 Å². The lowest BCUT2D eigenvalue weighted by Gasteiger charge is -2.17. The Morgan fingerprint density at radius 1 is 1.59 bits per heavy atom. The Morgan fingerprint density at radius 2 is 2.24 bits per heavy atom. The number of nitro benzene ring substituents is 1. The summed E-state index contributed by atoms with van der Waals surface area (Å²) in [4.78, 5) is 22.5. The molecule has 1 aromatic rings. The maximum absolute atomic E-state index is 10.8. The van der Waals surface area contributed by atoms with Gasteiger partial charge in [-0.25, -0.2) is 0 Å². The SMILES string of the molecule is COc1cc(N(C)CC(N)=O)ccc1[N+](=O)[O-]. The van der Waals surface area contributed by atoms with Gasteiger partial charge in [-0.1, -0.05) is 0 Å². The van der Waals surface area contributed by atoms with Gasteiger partial charge >= 0.3 is 5.69 Å². The van der Waals surface area contributed by atoms with E-state index in [1.807, 2.05) is 0 Å². The Kier molecular flexibility index (Phi) is 3.86. The minimum Gasteiger partial charge on any atom is -0.490 e. The van der Waals surface area contributed by atoms with Crippen molar-refractivity contribution in [1.29, 1.82) is 0 Å². The smallest absolute Gasteiger partial charge is 0.311 e. The predicted octanol–water partition coefficient (Wildman–Crippen LogP) is 0.525. The first-order valence-electron chi connectivity index (χ1n) is 4.77. The summed E-state index contributed by atoms with van der Waals surface area (Å²) >= 11 is 0. The maximum atomic E-state index is 10.8. The monoisotopic (exact) mass is 239 g/mol. The topological polar surface area (TPSA) is 98.7 Å². The summed E-state index contributed by atoms with van der Waals surface area (Å²) in [7, 11) is 3.01. The molecular formula is C10H13N3O4. The number of rotatable bonds is 5. The number of hydrogen-bond donors (Lipinski definition) is 1. The van der Waals surface area contributed by atoms with Crippen molar-refractivity contribution in [3.05, 3.63) is 28.3 Å². The van der Waals surface area contributed by atoms with Crippen LogP contribution in [0.4, 0.5) is 11.4 Å². The van der Waals surface area contributed by atoms with E-state index in [0.29, 0.717) is 5.69 Å². The van der Waals surface area contributed by atoms with E-state index in [9.17, 15) is 14.9 Å². The van der Waals surface area contributed by atoms with Crippen LogP contribution in [0.15, 0.2) is 18.2 Å². The molecule has 0 aromatic heterocycles. The molecule has 0 aliphatic carbocycles. The van der Waals surface area contributed by atoms with Crippen LogP contribution in [0.2, 0.25) is 0 Å². The summed E-state index contributed by atoms with van der Waals surface area (Å²) in [5, 5.41) is 10.7. The average molecular weight is 239 g/mol. The van der Waals surface area contributed by atoms with Crippen LogP contribution in [0, 0.1) is 10.1 Å². The van der Waals surface area contributed by atoms with Crippen LogP contribution in [-0.2, 0) is 4.79 Å². The quantitative estimate of drug-likeness (QED) is 0.596. The molecule has 7 nitrogen and oxygen atoms in total. The number of likely N-dealkylation sites (N-methyl/N-ethyl adjacent to an activating group) is 1. The third-order valence-corrected chi connectivity index (χ3v) is 2.19. The molecule has 0 spiro atoms. The second-order valence-corrected chi connectivity index (χ2v) is 3.44. The highest BCUT2D eigenvalue weighted by Crippen LogP contribution is 2.30. The molecule has 2 N–H and O–H groups in total. The molecule has 0 heterocycles. The molecule has 0 saturated heterocycles. The number of nitrogens with zero attached hydrogens (tertiary/aromatic N) is 2. The number of hydrogen-bond acceptors (Lipinski definition) is 5. The molecule has 0 aliphatic rings. The lowest BCUT2D eigenvalue weighted by Crippen LogP contribution is -2.30. The van der Waals surface area contributed by atoms with E-state index in [1.165, 1.54) is 25.3 Å². The van der Waals surface area contributed by atoms with Gasteiger partial charge in [0.25, 0.3) is 0 Å². The van der Waals surface area contributed by atoms with Gasteiger partial charge in [0.15, 0.2) is 5.75 Å². The molecule has 7 heteroatoms. The first-order chi connectivity index (χ1) is 7.95. The van der Waals surface area contributed by atoms with Crippen molar-refractivity contribution in [2.24, 2.45) is 5.73 Å². The van der Waals surface area contributed by atoms with Crippen molar-refractivity contribution in [3.63, 3.8) is 0 Å². The van der Waals surface area contributed by atoms with Gasteiger partial charge in [-0.3, -0.25) is 14.9 Å². The summed E-state index contributed by atoms with van der Waals surface area (Å²) in [6, 6.07) is 4.34. The van der Waals surface area contributed by atoms with Gasteiger partial charge in [-0.15, -0.1) is 0 Å². The molecule has 0 radical (unpaired) electrons. The van der Waals surface area contributed by atoms with Gasteiger partial charge in [0.2, 0.25) is 5.91 Å². The van der Waals surface area contributed by atoms with Gasteiger partial charge < -0.3 is 15.4 Å². The lowest BCUT2D eigenvalue weighted by atomic mass is 10.2. The minimum atomic E-state index is -0.531. The summed E-state index contributed by atoms with van der Waals surface area (Å²) in [6.07, 6.45) is 0. The molecule has 1 rings (SSSR count). The van der Waals surface area contributed by atoms with Crippen LogP contribution in [0.5, 0.6) is 5.75 Å². The largest absolute Gasteiger partial charge is 0.490 e. The third kappa shape index (κ3) is 3.07. The number of primary amides is 1. The number of carbonyl (C=O) groups is 1. The van der Waals surface area contributed by atoms with Crippen molar-refractivity contribution >= 4 is 17.3 Å². The fraction of sp³-hybridized carbons (Fsp3) is 0.300. The van der Waals surface area contributed by atoms with Gasteiger partial charge in [-0.2, -0.15) is 0 Å². The van der Waals surface area contributed by atoms with Gasteiger partial charge in [0, 0.05) is 24.9 Å². The van der Waals surface area contributed by atoms with Crippen LogP contribution in [0.1, 0.15) is 0 Å². The van der Waals surface area contributed by atoms with E-state index >= 15 is 0 Å². The summed E-state index contributed by atoms with van der Waals surface area (Å²) in [5.74, 6) is -0.339. The van der Waals surface area contributed by atoms with Crippen molar-refractivity contribution < 1.29 is 14.5 Å². The summed E-state index contributed by atoms with van der Waals surface area (Å²) in [6.45, 7) is 0.0287. The van der Waals surface area contributed by atoms with Gasteiger partial charge in [-0.05, 0) is 6.07 Å². The third-order valence-electron chi connectivity index (χ3n) is 2.19. The van der Waals surface area contributed by atoms with Crippen LogP contribution in [-0.4, -0.2) is 31.5 Å². The molecule has 0 fully saturated rings. The number of anilines is 1. The summed E-state index contributed by atoms with van der Waals surface area (Å²) < 4.78 is 4.92. The number of methoxy groups -OCH3 is 1. The number of carbonyl (C=O) groups excluding carboxylic acids is 1. The molecule has 0 aliphatic heterocycles. The van der Waals surface area contributed by atoms with Crippen LogP contribution < -0.4 is 15.4 Å². The van der Waals surface area contributed by atoms with Crippen molar-refractivity contribution in [2.75, 3.05) is 25.6 Å². The van der Waals surface area contributed by atoms with Crippen molar-refractivity contribution in [3.8, 4) is 5.75 Å². The highest BCUT2D eigenvalue weighted by atomic mass is 16.6. The van der Waals surface area contributed by atoms with Crippen molar-refractivity contribution in [1.82, 2.24) is 0 Å². The predicted molar refractivity (Wildman–Crippen MR) is 62.1 cm³/mol. The molecule has 0 bridgehead atoms. The number of benzene rings is 1. The van der Waals surface area contributed by atoms with Crippen molar-refractivity contribution in [2.45, 2.75) is 0 Å². The molecule has 1 aromatic carbocycles. The second kappa shape index (κ2) is 5.15. The van der Waals surface area contributed by atoms with E-state index in [4.69, 9.17) is 10.5 Å². The highest BCUT2D eigenvalue weighted by molar-refractivity contribution is 5.79.